The Labute approximate surface area is 95.4 Å². The number of carbonyl (C=O) groups excluding carboxylic acids is 1. The molecular formula is C11H19NO4. The third-order valence-corrected chi connectivity index (χ3v) is 2.42. The Balaban J connectivity index is 2.68. The number of nitrogens with zero attached hydrogens (tertiary/aromatic N) is 1. The average Bonchev–Trinajstić information content (AvgIpc) is 2.15. The molecule has 0 aromatic rings. The molecule has 5 heteroatoms. The van der Waals surface area contributed by atoms with Gasteiger partial charge in [-0.05, 0) is 40.0 Å². The van der Waals surface area contributed by atoms with E-state index in [9.17, 15) is 9.59 Å². The number of amides is 1. The first kappa shape index (κ1) is 12.8. The minimum atomic E-state index is -0.953. The van der Waals surface area contributed by atoms with Gasteiger partial charge in [0, 0.05) is 6.54 Å². The van der Waals surface area contributed by atoms with Crippen molar-refractivity contribution in [1.29, 1.82) is 0 Å². The van der Waals surface area contributed by atoms with E-state index >= 15 is 0 Å². The highest BCUT2D eigenvalue weighted by Gasteiger charge is 2.34. The van der Waals surface area contributed by atoms with E-state index in [2.05, 4.69) is 0 Å². The molecule has 1 aliphatic rings. The van der Waals surface area contributed by atoms with Crippen LogP contribution < -0.4 is 0 Å². The van der Waals surface area contributed by atoms with Crippen LogP contribution in [-0.4, -0.2) is 40.3 Å². The van der Waals surface area contributed by atoms with E-state index in [4.69, 9.17) is 9.84 Å². The second kappa shape index (κ2) is 4.72. The number of carboxylic acid groups (broad SMARTS) is 1. The summed E-state index contributed by atoms with van der Waals surface area (Å²) in [5.74, 6) is -0.953. The van der Waals surface area contributed by atoms with Crippen molar-refractivity contribution in [2.75, 3.05) is 6.54 Å². The highest BCUT2D eigenvalue weighted by atomic mass is 16.6. The molecule has 0 aromatic carbocycles. The number of piperidine rings is 1. The Morgan fingerprint density at radius 2 is 2.06 bits per heavy atom. The van der Waals surface area contributed by atoms with Crippen LogP contribution in [0.25, 0.3) is 0 Å². The first-order chi connectivity index (χ1) is 7.31. The molecule has 0 bridgehead atoms. The standard InChI is InChI=1S/C11H19NO4/c1-11(2,3)16-10(15)12-7-5-4-6-8(12)9(13)14/h8H,4-7H2,1-3H3,(H,13,14)/t8-/m0/s1/i9+2. The Bertz CT molecular complexity index is 282. The largest absolute Gasteiger partial charge is 0.480 e. The molecule has 1 saturated heterocycles. The van der Waals surface area contributed by atoms with Crippen LogP contribution in [0.1, 0.15) is 40.0 Å². The third-order valence-electron chi connectivity index (χ3n) is 2.42. The van der Waals surface area contributed by atoms with Crippen LogP contribution in [0.3, 0.4) is 0 Å². The van der Waals surface area contributed by atoms with Crippen molar-refractivity contribution in [3.63, 3.8) is 0 Å². The lowest BCUT2D eigenvalue weighted by molar-refractivity contribution is -0.144. The molecule has 1 atom stereocenters. The Hall–Kier alpha value is -1.26. The fourth-order valence-corrected chi connectivity index (χ4v) is 1.73. The van der Waals surface area contributed by atoms with Crippen LogP contribution >= 0.6 is 0 Å². The van der Waals surface area contributed by atoms with Gasteiger partial charge in [0.1, 0.15) is 11.6 Å². The smallest absolute Gasteiger partial charge is 0.411 e. The van der Waals surface area contributed by atoms with E-state index in [-0.39, 0.29) is 0 Å². The number of carbonyl (C=O) groups is 2. The number of hydrogen-bond donors (Lipinski definition) is 1. The van der Waals surface area contributed by atoms with Crippen molar-refractivity contribution < 1.29 is 19.4 Å². The molecule has 1 fully saturated rings. The van der Waals surface area contributed by atoms with E-state index < -0.39 is 23.7 Å². The maximum absolute atomic E-state index is 11.8. The van der Waals surface area contributed by atoms with Gasteiger partial charge in [0.05, 0.1) is 0 Å². The summed E-state index contributed by atoms with van der Waals surface area (Å²) in [6, 6.07) is -0.733. The monoisotopic (exact) mass is 231 g/mol. The summed E-state index contributed by atoms with van der Waals surface area (Å²) in [6.45, 7) is 5.77. The van der Waals surface area contributed by atoms with Gasteiger partial charge in [0.2, 0.25) is 0 Å². The average molecular weight is 231 g/mol. The van der Waals surface area contributed by atoms with Crippen molar-refractivity contribution >= 4 is 12.1 Å². The maximum Gasteiger partial charge on any atom is 0.411 e. The van der Waals surface area contributed by atoms with Gasteiger partial charge in [0.15, 0.2) is 0 Å². The summed E-state index contributed by atoms with van der Waals surface area (Å²) < 4.78 is 5.18. The normalized spacial score (nSPS) is 21.7. The molecule has 0 radical (unpaired) electrons. The van der Waals surface area contributed by atoms with Gasteiger partial charge in [-0.25, -0.2) is 9.59 Å². The molecule has 1 rings (SSSR count). The molecule has 0 aliphatic carbocycles. The van der Waals surface area contributed by atoms with Crippen molar-refractivity contribution in [3.05, 3.63) is 0 Å². The maximum atomic E-state index is 11.8. The number of rotatable bonds is 1. The molecule has 1 N–H and O–H groups in total. The number of aliphatic carboxylic acids is 1. The molecule has 1 amide bonds. The zero-order valence-corrected chi connectivity index (χ0v) is 10.0. The van der Waals surface area contributed by atoms with Gasteiger partial charge in [-0.15, -0.1) is 0 Å². The molecule has 1 heterocycles. The second-order valence-corrected chi connectivity index (χ2v) is 5.02. The second-order valence-electron chi connectivity index (χ2n) is 5.02. The predicted octanol–water partition coefficient (Wildman–Crippen LogP) is 1.86. The lowest BCUT2D eigenvalue weighted by atomic mass is 10.1. The summed E-state index contributed by atoms with van der Waals surface area (Å²) in [5, 5.41) is 9.01. The summed E-state index contributed by atoms with van der Waals surface area (Å²) in [4.78, 5) is 24.1. The van der Waals surface area contributed by atoms with Gasteiger partial charge >= 0.3 is 12.1 Å². The molecule has 92 valence electrons. The van der Waals surface area contributed by atoms with Gasteiger partial charge < -0.3 is 9.84 Å². The first-order valence-corrected chi connectivity index (χ1v) is 5.54. The van der Waals surface area contributed by atoms with Crippen LogP contribution in [0.15, 0.2) is 0 Å². The van der Waals surface area contributed by atoms with Gasteiger partial charge in [0.25, 0.3) is 0 Å². The third kappa shape index (κ3) is 3.40. The van der Waals surface area contributed by atoms with Crippen LogP contribution in [0.2, 0.25) is 0 Å². The van der Waals surface area contributed by atoms with E-state index in [1.165, 1.54) is 4.90 Å². The Morgan fingerprint density at radius 3 is 2.56 bits per heavy atom. The quantitative estimate of drug-likeness (QED) is 0.748. The summed E-state index contributed by atoms with van der Waals surface area (Å²) in [5.41, 5.74) is -0.586. The van der Waals surface area contributed by atoms with Crippen LogP contribution in [0.4, 0.5) is 4.79 Å². The fraction of sp³-hybridized carbons (Fsp3) is 0.818. The van der Waals surface area contributed by atoms with Crippen molar-refractivity contribution in [2.24, 2.45) is 0 Å². The topological polar surface area (TPSA) is 66.8 Å². The van der Waals surface area contributed by atoms with Crippen LogP contribution in [0, 0.1) is 0 Å². The lowest BCUT2D eigenvalue weighted by Crippen LogP contribution is -2.49. The van der Waals surface area contributed by atoms with E-state index in [0.717, 1.165) is 12.8 Å². The van der Waals surface area contributed by atoms with Crippen LogP contribution in [0.5, 0.6) is 0 Å². The molecule has 16 heavy (non-hydrogen) atoms. The summed E-state index contributed by atoms with van der Waals surface area (Å²) in [6.07, 6.45) is 1.66. The molecule has 1 aliphatic heterocycles. The molecule has 5 nitrogen and oxygen atoms in total. The summed E-state index contributed by atoms with van der Waals surface area (Å²) in [7, 11) is 0. The zero-order chi connectivity index (χ0) is 12.3. The Morgan fingerprint density at radius 1 is 1.44 bits per heavy atom. The number of ether oxygens (including phenoxy) is 1. The van der Waals surface area contributed by atoms with E-state index in [1.807, 2.05) is 0 Å². The van der Waals surface area contributed by atoms with Crippen molar-refractivity contribution in [1.82, 2.24) is 4.90 Å². The summed E-state index contributed by atoms with van der Waals surface area (Å²) >= 11 is 0. The molecule has 0 unspecified atom stereocenters. The molecule has 0 spiro atoms. The van der Waals surface area contributed by atoms with Gasteiger partial charge in [-0.1, -0.05) is 0 Å². The van der Waals surface area contributed by atoms with E-state index in [1.54, 1.807) is 20.8 Å². The first-order valence-electron chi connectivity index (χ1n) is 5.54. The molecular weight excluding hydrogens is 212 g/mol. The fourth-order valence-electron chi connectivity index (χ4n) is 1.73. The van der Waals surface area contributed by atoms with Crippen molar-refractivity contribution in [3.8, 4) is 0 Å². The molecule has 0 aromatic heterocycles. The zero-order valence-electron chi connectivity index (χ0n) is 10.0. The minimum Gasteiger partial charge on any atom is -0.480 e. The van der Waals surface area contributed by atoms with Gasteiger partial charge in [-0.3, -0.25) is 4.90 Å². The SMILES string of the molecule is CC(C)(C)OC(=O)N1CCCC[C@H]1[14C](=O)O. The Kier molecular flexibility index (Phi) is 3.78. The van der Waals surface area contributed by atoms with Crippen molar-refractivity contribution in [2.45, 2.75) is 51.7 Å². The van der Waals surface area contributed by atoms with E-state index in [0.29, 0.717) is 13.0 Å². The highest BCUT2D eigenvalue weighted by molar-refractivity contribution is 5.80. The predicted molar refractivity (Wildman–Crippen MR) is 58.2 cm³/mol. The highest BCUT2D eigenvalue weighted by Crippen LogP contribution is 2.20. The number of carboxylic acids is 1. The lowest BCUT2D eigenvalue weighted by Gasteiger charge is -2.34. The number of likely N-dealkylation sites (tertiary alicyclic amines) is 1. The molecule has 0 saturated carbocycles. The minimum absolute atomic E-state index is 0.464. The van der Waals surface area contributed by atoms with Gasteiger partial charge in [-0.2, -0.15) is 0 Å². The number of hydrogen-bond acceptors (Lipinski definition) is 3. The van der Waals surface area contributed by atoms with Crippen LogP contribution in [-0.2, 0) is 9.53 Å².